The fourth-order valence-corrected chi connectivity index (χ4v) is 5.16. The molecule has 1 fully saturated rings. The Morgan fingerprint density at radius 3 is 2.67 bits per heavy atom. The van der Waals surface area contributed by atoms with Gasteiger partial charge in [-0.05, 0) is 51.5 Å². The number of rotatable bonds is 7. The Hall–Kier alpha value is -4.51. The predicted octanol–water partition coefficient (Wildman–Crippen LogP) is 4.53. The van der Waals surface area contributed by atoms with Crippen molar-refractivity contribution in [2.45, 2.75) is 47.2 Å². The van der Waals surface area contributed by atoms with E-state index in [9.17, 15) is 9.59 Å². The van der Waals surface area contributed by atoms with Crippen LogP contribution in [0.5, 0.6) is 0 Å². The third-order valence-corrected chi connectivity index (χ3v) is 7.27. The van der Waals surface area contributed by atoms with E-state index in [1.54, 1.807) is 13.1 Å². The van der Waals surface area contributed by atoms with E-state index in [1.807, 2.05) is 55.9 Å². The van der Waals surface area contributed by atoms with Crippen LogP contribution in [0.3, 0.4) is 0 Å². The normalized spacial score (nSPS) is 15.2. The molecule has 11 heteroatoms. The molecule has 1 aliphatic rings. The molecule has 0 saturated carbocycles. The highest BCUT2D eigenvalue weighted by atomic mass is 16.5. The molecular formula is C29H30N6O5. The van der Waals surface area contributed by atoms with Crippen molar-refractivity contribution in [1.29, 1.82) is 0 Å². The van der Waals surface area contributed by atoms with Crippen molar-refractivity contribution in [3.63, 3.8) is 0 Å². The van der Waals surface area contributed by atoms with Crippen LogP contribution in [0, 0.1) is 26.2 Å². The lowest BCUT2D eigenvalue weighted by Gasteiger charge is -2.37. The lowest BCUT2D eigenvalue weighted by Crippen LogP contribution is -2.43. The van der Waals surface area contributed by atoms with Crippen molar-refractivity contribution in [1.82, 2.24) is 24.9 Å². The largest absolute Gasteiger partial charge is 0.455 e. The summed E-state index contributed by atoms with van der Waals surface area (Å²) in [5.41, 5.74) is 5.32. The average Bonchev–Trinajstić information content (AvgIpc) is 3.55. The third kappa shape index (κ3) is 4.62. The Labute approximate surface area is 229 Å². The number of fused-ring (bicyclic) bond motifs is 1. The van der Waals surface area contributed by atoms with E-state index < -0.39 is 5.76 Å². The number of anilines is 1. The van der Waals surface area contributed by atoms with Crippen molar-refractivity contribution < 1.29 is 13.7 Å². The number of aromatic nitrogens is 5. The first-order chi connectivity index (χ1) is 19.1. The molecule has 0 spiro atoms. The molecule has 206 valence electrons. The first kappa shape index (κ1) is 25.8. The van der Waals surface area contributed by atoms with Gasteiger partial charge >= 0.3 is 5.76 Å². The minimum absolute atomic E-state index is 0.0526. The zero-order valence-electron chi connectivity index (χ0n) is 23.0. The molecule has 2 N–H and O–H groups in total. The molecular weight excluding hydrogens is 512 g/mol. The number of hydrogen-bond acceptors (Lipinski definition) is 9. The Kier molecular flexibility index (Phi) is 6.18. The van der Waals surface area contributed by atoms with Crippen LogP contribution in [0.1, 0.15) is 42.3 Å². The number of pyridine rings is 1. The van der Waals surface area contributed by atoms with Crippen molar-refractivity contribution in [3.05, 3.63) is 79.8 Å². The highest BCUT2D eigenvalue weighted by Gasteiger charge is 2.34. The Bertz CT molecular complexity index is 1860. The maximum atomic E-state index is 13.6. The summed E-state index contributed by atoms with van der Waals surface area (Å²) >= 11 is 0. The first-order valence-corrected chi connectivity index (χ1v) is 13.1. The lowest BCUT2D eigenvalue weighted by atomic mass is 9.89. The van der Waals surface area contributed by atoms with Gasteiger partial charge in [-0.15, -0.1) is 0 Å². The van der Waals surface area contributed by atoms with Gasteiger partial charge in [0.1, 0.15) is 17.0 Å². The monoisotopic (exact) mass is 542 g/mol. The summed E-state index contributed by atoms with van der Waals surface area (Å²) in [6.07, 6.45) is 3.65. The second-order valence-corrected chi connectivity index (χ2v) is 11.0. The summed E-state index contributed by atoms with van der Waals surface area (Å²) in [5.74, 6) is 0.0558. The van der Waals surface area contributed by atoms with Gasteiger partial charge < -0.3 is 14.5 Å². The second kappa shape index (κ2) is 9.60. The van der Waals surface area contributed by atoms with E-state index in [1.165, 1.54) is 0 Å². The number of aromatic amines is 1. The van der Waals surface area contributed by atoms with E-state index in [0.717, 1.165) is 28.9 Å². The SMILES string of the molecule is Cc1cc([C@@H](C)Nc2ccc(C)nc2-c2noc(=O)[nH]2)c2oc(-c3cnn(CC4(C)COC4)c3)c(C)c(=O)c2c1. The lowest BCUT2D eigenvalue weighted by molar-refractivity contribution is -0.111. The number of nitrogens with one attached hydrogen (secondary N) is 2. The molecule has 1 aromatic carbocycles. The molecule has 0 bridgehead atoms. The fraction of sp³-hybridized carbons (Fsp3) is 0.345. The van der Waals surface area contributed by atoms with Gasteiger partial charge in [0.25, 0.3) is 0 Å². The van der Waals surface area contributed by atoms with Crippen molar-refractivity contribution >= 4 is 16.7 Å². The predicted molar refractivity (Wildman–Crippen MR) is 149 cm³/mol. The van der Waals surface area contributed by atoms with E-state index in [2.05, 4.69) is 32.5 Å². The first-order valence-electron chi connectivity index (χ1n) is 13.1. The molecule has 6 rings (SSSR count). The molecule has 40 heavy (non-hydrogen) atoms. The molecule has 1 atom stereocenters. The summed E-state index contributed by atoms with van der Waals surface area (Å²) in [6, 6.07) is 7.29. The van der Waals surface area contributed by atoms with E-state index in [4.69, 9.17) is 13.7 Å². The highest BCUT2D eigenvalue weighted by molar-refractivity contribution is 5.84. The number of benzene rings is 1. The van der Waals surface area contributed by atoms with Crippen LogP contribution < -0.4 is 16.5 Å². The summed E-state index contributed by atoms with van der Waals surface area (Å²) in [7, 11) is 0. The van der Waals surface area contributed by atoms with Gasteiger partial charge in [0, 0.05) is 28.4 Å². The van der Waals surface area contributed by atoms with Gasteiger partial charge in [0.05, 0.1) is 48.6 Å². The van der Waals surface area contributed by atoms with Gasteiger partial charge in [-0.25, -0.2) is 9.78 Å². The minimum atomic E-state index is -0.662. The molecule has 0 amide bonds. The van der Waals surface area contributed by atoms with Crippen LogP contribution in [0.2, 0.25) is 0 Å². The van der Waals surface area contributed by atoms with Crippen molar-refractivity contribution in [2.24, 2.45) is 5.41 Å². The van der Waals surface area contributed by atoms with Crippen molar-refractivity contribution in [3.8, 4) is 22.8 Å². The smallest absolute Gasteiger partial charge is 0.439 e. The summed E-state index contributed by atoms with van der Waals surface area (Å²) in [4.78, 5) is 32.3. The topological polar surface area (TPSA) is 141 Å². The maximum Gasteiger partial charge on any atom is 0.439 e. The van der Waals surface area contributed by atoms with Crippen LogP contribution >= 0.6 is 0 Å². The highest BCUT2D eigenvalue weighted by Crippen LogP contribution is 2.34. The third-order valence-electron chi connectivity index (χ3n) is 7.27. The quantitative estimate of drug-likeness (QED) is 0.303. The molecule has 0 radical (unpaired) electrons. The summed E-state index contributed by atoms with van der Waals surface area (Å²) < 4.78 is 18.5. The average molecular weight is 543 g/mol. The van der Waals surface area contributed by atoms with Crippen molar-refractivity contribution in [2.75, 3.05) is 18.5 Å². The van der Waals surface area contributed by atoms with Crippen LogP contribution in [0.15, 0.2) is 55.2 Å². The Balaban J connectivity index is 1.41. The fourth-order valence-electron chi connectivity index (χ4n) is 5.16. The number of nitrogens with zero attached hydrogens (tertiary/aromatic N) is 4. The number of aryl methyl sites for hydroxylation is 2. The second-order valence-electron chi connectivity index (χ2n) is 11.0. The van der Waals surface area contributed by atoms with Gasteiger partial charge in [0.15, 0.2) is 5.43 Å². The van der Waals surface area contributed by atoms with E-state index in [0.29, 0.717) is 46.9 Å². The molecule has 4 aromatic heterocycles. The molecule has 0 unspecified atom stereocenters. The van der Waals surface area contributed by atoms with Crippen LogP contribution in [-0.4, -0.2) is 38.1 Å². The number of ether oxygens (including phenoxy) is 1. The molecule has 0 aliphatic carbocycles. The van der Waals surface area contributed by atoms with Crippen LogP contribution in [-0.2, 0) is 11.3 Å². The molecule has 5 aromatic rings. The molecule has 1 aliphatic heterocycles. The molecule has 11 nitrogen and oxygen atoms in total. The Morgan fingerprint density at radius 2 is 1.98 bits per heavy atom. The molecule has 1 saturated heterocycles. The number of hydrogen-bond donors (Lipinski definition) is 2. The standard InChI is InChI=1S/C29H30N6O5/c1-15-8-20(18(4)32-22-7-6-16(2)31-23(22)27-33-28(37)40-34-27)26-21(9-15)24(36)17(3)25(39-26)19-10-30-35(11-19)12-29(5)13-38-14-29/h6-11,18,32H,12-14H2,1-5H3,(H,33,34,37)/t18-/m1/s1. The van der Waals surface area contributed by atoms with Gasteiger partial charge in [-0.2, -0.15) is 5.10 Å². The minimum Gasteiger partial charge on any atom is -0.455 e. The van der Waals surface area contributed by atoms with Gasteiger partial charge in [0.2, 0.25) is 5.82 Å². The molecule has 5 heterocycles. The van der Waals surface area contributed by atoms with Gasteiger partial charge in [-0.3, -0.25) is 19.0 Å². The van der Waals surface area contributed by atoms with Crippen LogP contribution in [0.25, 0.3) is 33.8 Å². The van der Waals surface area contributed by atoms with Gasteiger partial charge in [-0.1, -0.05) is 18.1 Å². The Morgan fingerprint density at radius 1 is 1.18 bits per heavy atom. The number of H-pyrrole nitrogens is 1. The van der Waals surface area contributed by atoms with Crippen LogP contribution in [0.4, 0.5) is 5.69 Å². The zero-order chi connectivity index (χ0) is 28.2. The van der Waals surface area contributed by atoms with E-state index >= 15 is 0 Å². The van der Waals surface area contributed by atoms with E-state index in [-0.39, 0.29) is 22.7 Å². The summed E-state index contributed by atoms with van der Waals surface area (Å²) in [5, 5.41) is 12.3. The summed E-state index contributed by atoms with van der Waals surface area (Å²) in [6.45, 7) is 11.8. The maximum absolute atomic E-state index is 13.6. The zero-order valence-corrected chi connectivity index (χ0v) is 23.0.